The fourth-order valence-electron chi connectivity index (χ4n) is 1.96. The molecule has 6 nitrogen and oxygen atoms in total. The van der Waals surface area contributed by atoms with Crippen LogP contribution in [0.4, 0.5) is 0 Å². The molecule has 1 heterocycles. The summed E-state index contributed by atoms with van der Waals surface area (Å²) >= 11 is 0. The van der Waals surface area contributed by atoms with Gasteiger partial charge in [0.1, 0.15) is 0 Å². The minimum Gasteiger partial charge on any atom is -0.366 e. The molecule has 1 aromatic heterocycles. The summed E-state index contributed by atoms with van der Waals surface area (Å²) in [5.41, 5.74) is 7.68. The van der Waals surface area contributed by atoms with Crippen LogP contribution < -0.4 is 16.4 Å². The zero-order valence-corrected chi connectivity index (χ0v) is 15.9. The van der Waals surface area contributed by atoms with Gasteiger partial charge in [-0.05, 0) is 36.8 Å². The molecule has 128 valence electrons. The lowest BCUT2D eigenvalue weighted by atomic mass is 10.1. The van der Waals surface area contributed by atoms with E-state index in [0.717, 1.165) is 23.8 Å². The van der Waals surface area contributed by atoms with Crippen LogP contribution in [0.25, 0.3) is 0 Å². The Morgan fingerprint density at radius 2 is 1.92 bits per heavy atom. The first kappa shape index (κ1) is 19.9. The minimum absolute atomic E-state index is 0. The van der Waals surface area contributed by atoms with Crippen molar-refractivity contribution < 1.29 is 4.79 Å². The Hall–Kier alpha value is -2.16. The average molecular weight is 439 g/mol. The quantitative estimate of drug-likeness (QED) is 0.365. The highest BCUT2D eigenvalue weighted by atomic mass is 127. The number of pyridine rings is 1. The Morgan fingerprint density at radius 3 is 2.50 bits per heavy atom. The van der Waals surface area contributed by atoms with Crippen LogP contribution in [0.15, 0.2) is 53.7 Å². The number of hydrogen-bond donors (Lipinski definition) is 3. The van der Waals surface area contributed by atoms with Gasteiger partial charge in [-0.1, -0.05) is 18.2 Å². The number of primary amides is 1. The van der Waals surface area contributed by atoms with Gasteiger partial charge in [0, 0.05) is 18.3 Å². The second-order valence-corrected chi connectivity index (χ2v) is 4.93. The van der Waals surface area contributed by atoms with E-state index in [0.29, 0.717) is 18.7 Å². The van der Waals surface area contributed by atoms with Crippen LogP contribution in [0, 0.1) is 0 Å². The maximum Gasteiger partial charge on any atom is 0.248 e. The third kappa shape index (κ3) is 6.53. The highest BCUT2D eigenvalue weighted by molar-refractivity contribution is 14.0. The van der Waals surface area contributed by atoms with Crippen molar-refractivity contribution in [3.8, 4) is 0 Å². The van der Waals surface area contributed by atoms with E-state index in [9.17, 15) is 4.79 Å². The molecule has 0 saturated heterocycles. The molecule has 1 amide bonds. The molecule has 0 fully saturated rings. The van der Waals surface area contributed by atoms with Crippen molar-refractivity contribution in [2.75, 3.05) is 6.54 Å². The smallest absolute Gasteiger partial charge is 0.248 e. The van der Waals surface area contributed by atoms with E-state index in [1.54, 1.807) is 18.3 Å². The van der Waals surface area contributed by atoms with E-state index in [-0.39, 0.29) is 24.0 Å². The molecule has 0 saturated carbocycles. The van der Waals surface area contributed by atoms with Crippen LogP contribution in [0.5, 0.6) is 0 Å². The first-order chi connectivity index (χ1) is 11.2. The molecule has 0 aliphatic heterocycles. The van der Waals surface area contributed by atoms with Crippen molar-refractivity contribution in [2.24, 2.45) is 10.7 Å². The molecule has 0 aliphatic carbocycles. The van der Waals surface area contributed by atoms with Crippen LogP contribution in [-0.2, 0) is 13.1 Å². The molecular weight excluding hydrogens is 417 g/mol. The number of nitrogens with two attached hydrogens (primary N) is 1. The van der Waals surface area contributed by atoms with Gasteiger partial charge >= 0.3 is 0 Å². The summed E-state index contributed by atoms with van der Waals surface area (Å²) in [5, 5.41) is 6.43. The standard InChI is InChI=1S/C17H21N5O.HI/c1-2-19-17(22-12-15-5-3-4-10-20-15)21-11-13-6-8-14(9-7-13)16(18)23;/h3-10H,2,11-12H2,1H3,(H2,18,23)(H2,19,21,22);1H. The van der Waals surface area contributed by atoms with Crippen molar-refractivity contribution >= 4 is 35.8 Å². The number of aromatic nitrogens is 1. The summed E-state index contributed by atoms with van der Waals surface area (Å²) in [6.07, 6.45) is 1.77. The summed E-state index contributed by atoms with van der Waals surface area (Å²) < 4.78 is 0. The number of hydrogen-bond acceptors (Lipinski definition) is 3. The van der Waals surface area contributed by atoms with Gasteiger partial charge in [-0.2, -0.15) is 0 Å². The molecule has 0 atom stereocenters. The largest absolute Gasteiger partial charge is 0.366 e. The predicted octanol–water partition coefficient (Wildman–Crippen LogP) is 2.05. The molecule has 2 aromatic rings. The van der Waals surface area contributed by atoms with Crippen molar-refractivity contribution in [3.63, 3.8) is 0 Å². The van der Waals surface area contributed by atoms with E-state index in [1.807, 2.05) is 37.3 Å². The number of nitrogens with zero attached hydrogens (tertiary/aromatic N) is 2. The second-order valence-electron chi connectivity index (χ2n) is 4.93. The van der Waals surface area contributed by atoms with Gasteiger partial charge in [0.2, 0.25) is 5.91 Å². The molecule has 0 bridgehead atoms. The van der Waals surface area contributed by atoms with Gasteiger partial charge in [0.15, 0.2) is 5.96 Å². The molecule has 4 N–H and O–H groups in total. The van der Waals surface area contributed by atoms with E-state index < -0.39 is 5.91 Å². The monoisotopic (exact) mass is 439 g/mol. The van der Waals surface area contributed by atoms with E-state index in [2.05, 4.69) is 20.6 Å². The van der Waals surface area contributed by atoms with Gasteiger partial charge in [-0.15, -0.1) is 24.0 Å². The molecule has 1 aromatic carbocycles. The van der Waals surface area contributed by atoms with Crippen LogP contribution in [0.1, 0.15) is 28.5 Å². The minimum atomic E-state index is -0.426. The summed E-state index contributed by atoms with van der Waals surface area (Å²) in [7, 11) is 0. The number of guanidine groups is 1. The summed E-state index contributed by atoms with van der Waals surface area (Å²) in [5.74, 6) is 0.294. The number of halogens is 1. The molecule has 0 unspecified atom stereocenters. The van der Waals surface area contributed by atoms with E-state index in [1.165, 1.54) is 0 Å². The fourth-order valence-corrected chi connectivity index (χ4v) is 1.96. The topological polar surface area (TPSA) is 92.4 Å². The van der Waals surface area contributed by atoms with Gasteiger partial charge in [-0.3, -0.25) is 9.78 Å². The highest BCUT2D eigenvalue weighted by Gasteiger charge is 2.01. The van der Waals surface area contributed by atoms with Gasteiger partial charge in [0.05, 0.1) is 18.8 Å². The third-order valence-corrected chi connectivity index (χ3v) is 3.17. The maximum absolute atomic E-state index is 11.1. The number of amides is 1. The second kappa shape index (κ2) is 10.6. The predicted molar refractivity (Wildman–Crippen MR) is 106 cm³/mol. The normalized spacial score (nSPS) is 10.6. The number of nitrogens with one attached hydrogen (secondary N) is 2. The van der Waals surface area contributed by atoms with Crippen LogP contribution in [0.2, 0.25) is 0 Å². The zero-order chi connectivity index (χ0) is 16.5. The number of carbonyl (C=O) groups excluding carboxylic acids is 1. The van der Waals surface area contributed by atoms with Crippen LogP contribution in [0.3, 0.4) is 0 Å². The van der Waals surface area contributed by atoms with Crippen molar-refractivity contribution in [1.29, 1.82) is 0 Å². The van der Waals surface area contributed by atoms with Crippen molar-refractivity contribution in [3.05, 3.63) is 65.5 Å². The van der Waals surface area contributed by atoms with Gasteiger partial charge < -0.3 is 16.4 Å². The molecule has 24 heavy (non-hydrogen) atoms. The summed E-state index contributed by atoms with van der Waals surface area (Å²) in [6.45, 7) is 3.90. The number of aliphatic imine (C=N–C) groups is 1. The molecule has 2 rings (SSSR count). The van der Waals surface area contributed by atoms with E-state index >= 15 is 0 Å². The van der Waals surface area contributed by atoms with Crippen molar-refractivity contribution in [1.82, 2.24) is 15.6 Å². The van der Waals surface area contributed by atoms with Crippen molar-refractivity contribution in [2.45, 2.75) is 20.0 Å². The molecule has 0 spiro atoms. The van der Waals surface area contributed by atoms with Gasteiger partial charge in [0.25, 0.3) is 0 Å². The molecule has 0 aliphatic rings. The fraction of sp³-hybridized carbons (Fsp3) is 0.235. The van der Waals surface area contributed by atoms with Crippen LogP contribution in [-0.4, -0.2) is 23.4 Å². The maximum atomic E-state index is 11.1. The lowest BCUT2D eigenvalue weighted by Crippen LogP contribution is -2.37. The first-order valence-electron chi connectivity index (χ1n) is 7.50. The Labute approximate surface area is 159 Å². The van der Waals surface area contributed by atoms with Crippen LogP contribution >= 0.6 is 24.0 Å². The average Bonchev–Trinajstić information content (AvgIpc) is 2.58. The Bertz CT molecular complexity index is 658. The lowest BCUT2D eigenvalue weighted by molar-refractivity contribution is 0.100. The molecule has 7 heteroatoms. The Balaban J connectivity index is 0.00000288. The highest BCUT2D eigenvalue weighted by Crippen LogP contribution is 2.05. The van der Waals surface area contributed by atoms with Gasteiger partial charge in [-0.25, -0.2) is 4.99 Å². The first-order valence-corrected chi connectivity index (χ1v) is 7.50. The lowest BCUT2D eigenvalue weighted by Gasteiger charge is -2.11. The molecular formula is C17H22IN5O. The number of carbonyl (C=O) groups is 1. The Morgan fingerprint density at radius 1 is 1.17 bits per heavy atom. The number of rotatable bonds is 6. The number of benzene rings is 1. The third-order valence-electron chi connectivity index (χ3n) is 3.17. The molecule has 0 radical (unpaired) electrons. The van der Waals surface area contributed by atoms with E-state index in [4.69, 9.17) is 5.73 Å². The summed E-state index contributed by atoms with van der Waals surface area (Å²) in [6, 6.07) is 12.9. The summed E-state index contributed by atoms with van der Waals surface area (Å²) in [4.78, 5) is 19.8. The zero-order valence-electron chi connectivity index (χ0n) is 13.5. The SMILES string of the molecule is CCNC(=NCc1ccc(C(N)=O)cc1)NCc1ccccn1.I. The Kier molecular flexibility index (Phi) is 8.77.